The number of nitrogens with zero attached hydrogens (tertiary/aromatic N) is 1. The average molecular weight is 377 g/mol. The number of ether oxygens (including phenoxy) is 1. The number of hydrogen-bond acceptors (Lipinski definition) is 3. The number of amides is 2. The molecular weight excluding hydrogens is 360 g/mol. The smallest absolute Gasteiger partial charge is 0.244 e. The minimum atomic E-state index is -0.288. The first kappa shape index (κ1) is 17.0. The second-order valence-corrected chi connectivity index (χ2v) is 5.75. The maximum atomic E-state index is 12.3. The van der Waals surface area contributed by atoms with E-state index in [1.54, 1.807) is 30.3 Å². The minimum absolute atomic E-state index is 0.0950. The van der Waals surface area contributed by atoms with Crippen molar-refractivity contribution in [3.63, 3.8) is 0 Å². The van der Waals surface area contributed by atoms with E-state index in [2.05, 4.69) is 21.2 Å². The summed E-state index contributed by atoms with van der Waals surface area (Å²) in [4.78, 5) is 25.6. The van der Waals surface area contributed by atoms with Crippen LogP contribution in [-0.2, 0) is 9.59 Å². The summed E-state index contributed by atoms with van der Waals surface area (Å²) in [6, 6.07) is 14.4. The summed E-state index contributed by atoms with van der Waals surface area (Å²) in [5, 5.41) is 2.77. The number of hydrogen-bond donors (Lipinski definition) is 1. The molecule has 2 aromatic carbocycles. The summed E-state index contributed by atoms with van der Waals surface area (Å²) >= 11 is 3.35. The average Bonchev–Trinajstić information content (AvgIpc) is 2.52. The van der Waals surface area contributed by atoms with E-state index in [0.29, 0.717) is 17.1 Å². The number of nitrogens with one attached hydrogen (secondary N) is 1. The summed E-state index contributed by atoms with van der Waals surface area (Å²) in [7, 11) is 1.53. The number of anilines is 2. The molecule has 23 heavy (non-hydrogen) atoms. The molecule has 0 bridgehead atoms. The van der Waals surface area contributed by atoms with Crippen LogP contribution in [-0.4, -0.2) is 25.5 Å². The van der Waals surface area contributed by atoms with E-state index >= 15 is 0 Å². The molecule has 0 fully saturated rings. The third kappa shape index (κ3) is 4.56. The van der Waals surface area contributed by atoms with Gasteiger partial charge in [0.2, 0.25) is 11.8 Å². The molecule has 2 rings (SSSR count). The lowest BCUT2D eigenvalue weighted by atomic mass is 10.2. The number of halogens is 1. The topological polar surface area (TPSA) is 58.6 Å². The van der Waals surface area contributed by atoms with Crippen LogP contribution in [0.4, 0.5) is 11.4 Å². The van der Waals surface area contributed by atoms with Crippen molar-refractivity contribution in [3.05, 3.63) is 53.0 Å². The van der Waals surface area contributed by atoms with Gasteiger partial charge >= 0.3 is 0 Å². The van der Waals surface area contributed by atoms with Gasteiger partial charge in [-0.1, -0.05) is 34.1 Å². The zero-order valence-electron chi connectivity index (χ0n) is 12.9. The molecule has 0 atom stereocenters. The number of benzene rings is 2. The highest BCUT2D eigenvalue weighted by atomic mass is 79.9. The summed E-state index contributed by atoms with van der Waals surface area (Å²) in [5.41, 5.74) is 1.22. The monoisotopic (exact) mass is 376 g/mol. The number of carbonyl (C=O) groups excluding carboxylic acids is 2. The van der Waals surface area contributed by atoms with E-state index in [0.717, 1.165) is 4.47 Å². The standard InChI is InChI=1S/C17H17BrN2O3/c1-12(21)20(15-8-3-4-9-16(15)23-2)11-17(22)19-14-7-5-6-13(18)10-14/h3-10H,11H2,1-2H3,(H,19,22). The van der Waals surface area contributed by atoms with Gasteiger partial charge in [0.25, 0.3) is 0 Å². The molecule has 0 aromatic heterocycles. The number of rotatable bonds is 5. The van der Waals surface area contributed by atoms with E-state index in [1.165, 1.54) is 18.9 Å². The molecular formula is C17H17BrN2O3. The van der Waals surface area contributed by atoms with Crippen molar-refractivity contribution in [1.29, 1.82) is 0 Å². The van der Waals surface area contributed by atoms with Gasteiger partial charge < -0.3 is 10.1 Å². The molecule has 0 heterocycles. The van der Waals surface area contributed by atoms with Crippen molar-refractivity contribution in [2.75, 3.05) is 23.9 Å². The SMILES string of the molecule is COc1ccccc1N(CC(=O)Nc1cccc(Br)c1)C(C)=O. The Balaban J connectivity index is 2.16. The Bertz CT molecular complexity index is 718. The lowest BCUT2D eigenvalue weighted by Gasteiger charge is -2.22. The second kappa shape index (κ2) is 7.78. The molecule has 0 aliphatic carbocycles. The molecule has 1 N–H and O–H groups in total. The number of carbonyl (C=O) groups is 2. The molecule has 0 radical (unpaired) electrons. The summed E-state index contributed by atoms with van der Waals surface area (Å²) in [6.07, 6.45) is 0. The van der Waals surface area contributed by atoms with E-state index in [9.17, 15) is 9.59 Å². The molecule has 0 saturated carbocycles. The molecule has 2 amide bonds. The van der Waals surface area contributed by atoms with Crippen molar-refractivity contribution in [3.8, 4) is 5.75 Å². The Morgan fingerprint density at radius 2 is 1.91 bits per heavy atom. The van der Waals surface area contributed by atoms with Gasteiger partial charge in [-0.25, -0.2) is 0 Å². The first-order chi connectivity index (χ1) is 11.0. The molecule has 0 saturated heterocycles. The number of methoxy groups -OCH3 is 1. The Morgan fingerprint density at radius 1 is 1.17 bits per heavy atom. The molecule has 0 aliphatic heterocycles. The lowest BCUT2D eigenvalue weighted by molar-refractivity contribution is -0.120. The highest BCUT2D eigenvalue weighted by Gasteiger charge is 2.19. The first-order valence-electron chi connectivity index (χ1n) is 6.98. The third-order valence-electron chi connectivity index (χ3n) is 3.17. The molecule has 0 aliphatic rings. The Labute approximate surface area is 143 Å². The predicted molar refractivity (Wildman–Crippen MR) is 93.8 cm³/mol. The zero-order chi connectivity index (χ0) is 16.8. The third-order valence-corrected chi connectivity index (χ3v) is 3.66. The van der Waals surface area contributed by atoms with Crippen molar-refractivity contribution < 1.29 is 14.3 Å². The molecule has 0 unspecified atom stereocenters. The van der Waals surface area contributed by atoms with Gasteiger partial charge in [0, 0.05) is 17.1 Å². The normalized spacial score (nSPS) is 10.0. The Kier molecular flexibility index (Phi) is 5.76. The van der Waals surface area contributed by atoms with Gasteiger partial charge in [-0.05, 0) is 30.3 Å². The fourth-order valence-electron chi connectivity index (χ4n) is 2.13. The molecule has 2 aromatic rings. The fraction of sp³-hybridized carbons (Fsp3) is 0.176. The van der Waals surface area contributed by atoms with Crippen molar-refractivity contribution in [2.45, 2.75) is 6.92 Å². The van der Waals surface area contributed by atoms with Gasteiger partial charge in [-0.3, -0.25) is 14.5 Å². The van der Waals surface area contributed by atoms with Gasteiger partial charge in [-0.2, -0.15) is 0 Å². The molecule has 0 spiro atoms. The van der Waals surface area contributed by atoms with E-state index in [-0.39, 0.29) is 18.4 Å². The summed E-state index contributed by atoms with van der Waals surface area (Å²) in [6.45, 7) is 1.32. The molecule has 5 nitrogen and oxygen atoms in total. The maximum absolute atomic E-state index is 12.3. The maximum Gasteiger partial charge on any atom is 0.244 e. The van der Waals surface area contributed by atoms with Crippen molar-refractivity contribution in [1.82, 2.24) is 0 Å². The van der Waals surface area contributed by atoms with Crippen LogP contribution < -0.4 is 15.0 Å². The van der Waals surface area contributed by atoms with Gasteiger partial charge in [0.05, 0.1) is 12.8 Å². The fourth-order valence-corrected chi connectivity index (χ4v) is 2.53. The van der Waals surface area contributed by atoms with Crippen LogP contribution in [0, 0.1) is 0 Å². The quantitative estimate of drug-likeness (QED) is 0.869. The van der Waals surface area contributed by atoms with Crippen LogP contribution >= 0.6 is 15.9 Å². The number of para-hydroxylation sites is 2. The Morgan fingerprint density at radius 3 is 2.57 bits per heavy atom. The minimum Gasteiger partial charge on any atom is -0.495 e. The van der Waals surface area contributed by atoms with Crippen LogP contribution in [0.3, 0.4) is 0 Å². The van der Waals surface area contributed by atoms with Crippen LogP contribution in [0.2, 0.25) is 0 Å². The van der Waals surface area contributed by atoms with E-state index in [4.69, 9.17) is 4.74 Å². The van der Waals surface area contributed by atoms with Crippen LogP contribution in [0.1, 0.15) is 6.92 Å². The van der Waals surface area contributed by atoms with Crippen molar-refractivity contribution in [2.24, 2.45) is 0 Å². The second-order valence-electron chi connectivity index (χ2n) is 4.84. The zero-order valence-corrected chi connectivity index (χ0v) is 14.5. The van der Waals surface area contributed by atoms with Gasteiger partial charge in [0.1, 0.15) is 12.3 Å². The Hall–Kier alpha value is -2.34. The highest BCUT2D eigenvalue weighted by molar-refractivity contribution is 9.10. The van der Waals surface area contributed by atoms with Crippen LogP contribution in [0.25, 0.3) is 0 Å². The van der Waals surface area contributed by atoms with Gasteiger partial charge in [-0.15, -0.1) is 0 Å². The summed E-state index contributed by atoms with van der Waals surface area (Å²) in [5.74, 6) is 0.0149. The van der Waals surface area contributed by atoms with Crippen LogP contribution in [0.15, 0.2) is 53.0 Å². The first-order valence-corrected chi connectivity index (χ1v) is 7.77. The largest absolute Gasteiger partial charge is 0.495 e. The predicted octanol–water partition coefficient (Wildman–Crippen LogP) is 3.45. The lowest BCUT2D eigenvalue weighted by Crippen LogP contribution is -2.36. The van der Waals surface area contributed by atoms with Crippen LogP contribution in [0.5, 0.6) is 5.75 Å². The molecule has 6 heteroatoms. The summed E-state index contributed by atoms with van der Waals surface area (Å²) < 4.78 is 6.12. The van der Waals surface area contributed by atoms with Crippen molar-refractivity contribution >= 4 is 39.1 Å². The van der Waals surface area contributed by atoms with E-state index in [1.807, 2.05) is 18.2 Å². The van der Waals surface area contributed by atoms with E-state index < -0.39 is 0 Å². The van der Waals surface area contributed by atoms with Gasteiger partial charge in [0.15, 0.2) is 0 Å². The molecule has 120 valence electrons. The highest BCUT2D eigenvalue weighted by Crippen LogP contribution is 2.27.